The second kappa shape index (κ2) is 17.6. The van der Waals surface area contributed by atoms with Crippen LogP contribution in [0.5, 0.6) is 0 Å². The Bertz CT molecular complexity index is 1390. The van der Waals surface area contributed by atoms with Gasteiger partial charge in [0.1, 0.15) is 18.7 Å². The summed E-state index contributed by atoms with van der Waals surface area (Å²) in [6.45, 7) is 20.2. The fourth-order valence-corrected chi connectivity index (χ4v) is 7.66. The van der Waals surface area contributed by atoms with Crippen LogP contribution >= 0.6 is 0 Å². The largest absolute Gasteiger partial charge is 0.447 e. The molecule has 290 valence electrons. The third-order valence-electron chi connectivity index (χ3n) is 11.2. The minimum Gasteiger partial charge on any atom is -0.447 e. The molecule has 13 nitrogen and oxygen atoms in total. The molecule has 1 saturated heterocycles. The molecule has 13 heteroatoms. The maximum Gasteiger partial charge on any atom is 0.407 e. The van der Waals surface area contributed by atoms with Gasteiger partial charge in [0.05, 0.1) is 12.1 Å². The molecule has 0 aromatic heterocycles. The van der Waals surface area contributed by atoms with Gasteiger partial charge in [0.15, 0.2) is 0 Å². The van der Waals surface area contributed by atoms with E-state index in [9.17, 15) is 28.8 Å². The first-order valence-corrected chi connectivity index (χ1v) is 18.7. The fraction of sp³-hybridized carbons (Fsp3) is 0.744. The Labute approximate surface area is 309 Å². The number of piperidine rings is 1. The van der Waals surface area contributed by atoms with Crippen molar-refractivity contribution in [2.24, 2.45) is 34.0 Å². The number of carbonyl (C=O) groups excluding carboxylic acids is 6. The number of likely N-dealkylation sites (tertiary alicyclic amines) is 1. The Morgan fingerprint density at radius 3 is 2.23 bits per heavy atom. The summed E-state index contributed by atoms with van der Waals surface area (Å²) in [6, 6.07) is -4.20. The van der Waals surface area contributed by atoms with Crippen LogP contribution in [0.3, 0.4) is 0 Å². The molecule has 3 fully saturated rings. The van der Waals surface area contributed by atoms with E-state index >= 15 is 0 Å². The lowest BCUT2D eigenvalue weighted by Gasteiger charge is -2.43. The molecule has 0 bridgehead atoms. The van der Waals surface area contributed by atoms with Crippen molar-refractivity contribution in [2.45, 2.75) is 125 Å². The number of alkyl carbamates (subject to hydrolysis) is 1. The summed E-state index contributed by atoms with van der Waals surface area (Å²) in [5, 5.41) is 13.9. The molecule has 0 radical (unpaired) electrons. The summed E-state index contributed by atoms with van der Waals surface area (Å²) in [5.74, 6) is -0.00388. The first-order valence-electron chi connectivity index (χ1n) is 18.7. The number of amides is 6. The quantitative estimate of drug-likeness (QED) is 0.0917. The molecule has 0 aromatic carbocycles. The second-order valence-electron chi connectivity index (χ2n) is 17.1. The third kappa shape index (κ3) is 10.5. The monoisotopic (exact) mass is 726 g/mol. The molecule has 2 aliphatic carbocycles. The van der Waals surface area contributed by atoms with Crippen LogP contribution < -0.4 is 26.6 Å². The summed E-state index contributed by atoms with van der Waals surface area (Å²) in [6.07, 6.45) is 10.8. The van der Waals surface area contributed by atoms with Crippen LogP contribution in [0.1, 0.15) is 100 Å². The zero-order valence-electron chi connectivity index (χ0n) is 32.5. The number of hydrogen-bond donors (Lipinski definition) is 5. The minimum atomic E-state index is -1.18. The van der Waals surface area contributed by atoms with Crippen LogP contribution in [0.25, 0.3) is 0 Å². The maximum absolute atomic E-state index is 14.8. The number of terminal acetylenes is 1. The SMILES string of the molecule is C#CCCC(NC(=O)[C@@H]1C2C(CN1C(=O)[C@@H](NC(=O)N[C@H](COC(=O)NCC(C)C)C(C)(C)C)C1(C)CCCCC1)C2(C)C)C(=O)C(=O)NCC=C. The van der Waals surface area contributed by atoms with Gasteiger partial charge in [-0.3, -0.25) is 19.2 Å². The number of nitrogens with one attached hydrogen (secondary N) is 5. The van der Waals surface area contributed by atoms with Gasteiger partial charge < -0.3 is 36.2 Å². The van der Waals surface area contributed by atoms with Crippen molar-refractivity contribution in [3.63, 3.8) is 0 Å². The number of ketones is 1. The number of rotatable bonds is 16. The molecule has 6 amide bonds. The molecule has 5 N–H and O–H groups in total. The zero-order valence-corrected chi connectivity index (χ0v) is 32.5. The van der Waals surface area contributed by atoms with E-state index in [0.717, 1.165) is 19.3 Å². The normalized spacial score (nSPS) is 23.1. The van der Waals surface area contributed by atoms with Crippen molar-refractivity contribution in [3.05, 3.63) is 12.7 Å². The van der Waals surface area contributed by atoms with Crippen molar-refractivity contribution in [1.82, 2.24) is 31.5 Å². The minimum absolute atomic E-state index is 0.0425. The van der Waals surface area contributed by atoms with Crippen molar-refractivity contribution in [3.8, 4) is 12.3 Å². The Kier molecular flexibility index (Phi) is 14.3. The summed E-state index contributed by atoms with van der Waals surface area (Å²) in [7, 11) is 0. The van der Waals surface area contributed by atoms with Gasteiger partial charge in [-0.15, -0.1) is 18.9 Å². The molecule has 0 aromatic rings. The van der Waals surface area contributed by atoms with Crippen LogP contribution in [0.2, 0.25) is 0 Å². The predicted molar refractivity (Wildman–Crippen MR) is 199 cm³/mol. The van der Waals surface area contributed by atoms with E-state index in [1.54, 1.807) is 4.90 Å². The van der Waals surface area contributed by atoms with Gasteiger partial charge in [0.2, 0.25) is 17.6 Å². The number of carbonyl (C=O) groups is 6. The molecule has 3 rings (SSSR count). The van der Waals surface area contributed by atoms with E-state index in [4.69, 9.17) is 11.2 Å². The summed E-state index contributed by atoms with van der Waals surface area (Å²) in [5.41, 5.74) is -1.31. The topological polar surface area (TPSA) is 175 Å². The predicted octanol–water partition coefficient (Wildman–Crippen LogP) is 3.67. The van der Waals surface area contributed by atoms with Crippen LogP contribution in [0.4, 0.5) is 9.59 Å². The second-order valence-corrected chi connectivity index (χ2v) is 17.1. The first-order chi connectivity index (χ1) is 24.3. The maximum atomic E-state index is 14.8. The van der Waals surface area contributed by atoms with Gasteiger partial charge in [0.25, 0.3) is 5.91 Å². The van der Waals surface area contributed by atoms with Crippen molar-refractivity contribution in [2.75, 3.05) is 26.2 Å². The Morgan fingerprint density at radius 1 is 1.00 bits per heavy atom. The van der Waals surface area contributed by atoms with Gasteiger partial charge in [-0.2, -0.15) is 0 Å². The number of urea groups is 1. The van der Waals surface area contributed by atoms with Crippen molar-refractivity contribution in [1.29, 1.82) is 0 Å². The Hall–Kier alpha value is -4.08. The van der Waals surface area contributed by atoms with E-state index in [0.29, 0.717) is 25.9 Å². The molecule has 0 spiro atoms. The Balaban J connectivity index is 1.87. The lowest BCUT2D eigenvalue weighted by Crippen LogP contribution is -2.63. The summed E-state index contributed by atoms with van der Waals surface area (Å²) in [4.78, 5) is 82.3. The average Bonchev–Trinajstić information content (AvgIpc) is 3.38. The van der Waals surface area contributed by atoms with Gasteiger partial charge in [-0.25, -0.2) is 9.59 Å². The average molecular weight is 727 g/mol. The molecule has 3 aliphatic rings. The van der Waals surface area contributed by atoms with Gasteiger partial charge in [0, 0.05) is 26.1 Å². The number of fused-ring (bicyclic) bond motifs is 1. The standard InChI is InChI=1S/C39H62N6O7/c1-11-13-17-26(30(46)33(48)40-20-12-2)42-32(47)29-28-25(38(28,8)9)22-45(29)34(49)31(39(10)18-15-14-16-19-39)44-35(50)43-27(37(5,6)7)23-52-36(51)41-21-24(3)4/h1,12,24-29,31H,2,13-23H2,3-10H3,(H,40,48)(H,41,51)(H,42,47)(H2,43,44,50)/t25?,26?,27-,28?,29+,31-/m1/s1. The third-order valence-corrected chi connectivity index (χ3v) is 11.2. The van der Waals surface area contributed by atoms with E-state index in [-0.39, 0.29) is 55.1 Å². The van der Waals surface area contributed by atoms with Crippen LogP contribution in [0.15, 0.2) is 12.7 Å². The number of Topliss-reactive ketones (excluding diaryl/α,β-unsaturated/α-hetero) is 1. The summed E-state index contributed by atoms with van der Waals surface area (Å²) < 4.78 is 5.46. The lowest BCUT2D eigenvalue weighted by atomic mass is 9.70. The molecule has 6 atom stereocenters. The van der Waals surface area contributed by atoms with Crippen LogP contribution in [-0.4, -0.2) is 90.9 Å². The smallest absolute Gasteiger partial charge is 0.407 e. The molecule has 52 heavy (non-hydrogen) atoms. The van der Waals surface area contributed by atoms with Gasteiger partial charge in [-0.1, -0.05) is 80.7 Å². The molecule has 2 saturated carbocycles. The van der Waals surface area contributed by atoms with Crippen LogP contribution in [0, 0.1) is 46.3 Å². The van der Waals surface area contributed by atoms with Gasteiger partial charge >= 0.3 is 12.1 Å². The number of nitrogens with zero attached hydrogens (tertiary/aromatic N) is 1. The van der Waals surface area contributed by atoms with E-state index in [2.05, 4.69) is 52.9 Å². The lowest BCUT2D eigenvalue weighted by molar-refractivity contribution is -0.146. The number of hydrogen-bond acceptors (Lipinski definition) is 7. The number of ether oxygens (including phenoxy) is 1. The fourth-order valence-electron chi connectivity index (χ4n) is 7.66. The molecular weight excluding hydrogens is 664 g/mol. The van der Waals surface area contributed by atoms with Gasteiger partial charge in [-0.05, 0) is 53.3 Å². The van der Waals surface area contributed by atoms with E-state index in [1.165, 1.54) is 6.08 Å². The highest BCUT2D eigenvalue weighted by molar-refractivity contribution is 6.38. The Morgan fingerprint density at radius 2 is 1.65 bits per heavy atom. The molecular formula is C39H62N6O7. The highest BCUT2D eigenvalue weighted by Crippen LogP contribution is 2.65. The zero-order chi connectivity index (χ0) is 39.0. The highest BCUT2D eigenvalue weighted by atomic mass is 16.5. The van der Waals surface area contributed by atoms with E-state index in [1.807, 2.05) is 41.5 Å². The molecule has 1 aliphatic heterocycles. The molecule has 3 unspecified atom stereocenters. The van der Waals surface area contributed by atoms with E-state index < -0.39 is 64.7 Å². The first kappa shape index (κ1) is 42.3. The molecule has 1 heterocycles. The summed E-state index contributed by atoms with van der Waals surface area (Å²) >= 11 is 0. The highest BCUT2D eigenvalue weighted by Gasteiger charge is 2.70. The van der Waals surface area contributed by atoms with Crippen molar-refractivity contribution >= 4 is 35.6 Å². The van der Waals surface area contributed by atoms with Crippen molar-refractivity contribution < 1.29 is 33.5 Å². The van der Waals surface area contributed by atoms with Crippen LogP contribution in [-0.2, 0) is 23.9 Å².